The highest BCUT2D eigenvalue weighted by Crippen LogP contribution is 2.50. The molecule has 4 nitrogen and oxygen atoms in total. The molecule has 0 unspecified atom stereocenters. The zero-order valence-electron chi connectivity index (χ0n) is 27.1. The smallest absolute Gasteiger partial charge is 0.221 e. The molecule has 0 radical (unpaired) electrons. The summed E-state index contributed by atoms with van der Waals surface area (Å²) in [6.07, 6.45) is 0. The molecule has 0 N–H and O–H groups in total. The molecule has 11 rings (SSSR count). The minimum absolute atomic E-state index is 0.0709. The van der Waals surface area contributed by atoms with Crippen LogP contribution in [-0.2, 0) is 5.41 Å². The van der Waals surface area contributed by atoms with Crippen LogP contribution in [0.25, 0.3) is 88.4 Å². The van der Waals surface area contributed by atoms with Gasteiger partial charge in [0.1, 0.15) is 5.65 Å². The molecule has 0 saturated carbocycles. The zero-order valence-corrected chi connectivity index (χ0v) is 27.1. The Morgan fingerprint density at radius 3 is 1.98 bits per heavy atom. The highest BCUT2D eigenvalue weighted by Gasteiger charge is 2.35. The van der Waals surface area contributed by atoms with Crippen molar-refractivity contribution in [1.82, 2.24) is 18.9 Å². The summed E-state index contributed by atoms with van der Waals surface area (Å²) in [6, 6.07) is 52.7. The maximum atomic E-state index is 5.42. The van der Waals surface area contributed by atoms with Crippen LogP contribution in [0.5, 0.6) is 0 Å². The van der Waals surface area contributed by atoms with E-state index in [1.54, 1.807) is 0 Å². The molecule has 0 saturated heterocycles. The Morgan fingerprint density at radius 1 is 0.469 bits per heavy atom. The van der Waals surface area contributed by atoms with E-state index < -0.39 is 0 Å². The number of hydrogen-bond acceptors (Lipinski definition) is 2. The predicted molar refractivity (Wildman–Crippen MR) is 203 cm³/mol. The number of nitrogens with zero attached hydrogens (tertiary/aromatic N) is 4. The highest BCUT2D eigenvalue weighted by atomic mass is 15.2. The third-order valence-electron chi connectivity index (χ3n) is 10.9. The quantitative estimate of drug-likeness (QED) is 0.191. The van der Waals surface area contributed by atoms with E-state index in [0.29, 0.717) is 0 Å². The molecule has 230 valence electrons. The van der Waals surface area contributed by atoms with Gasteiger partial charge in [0.15, 0.2) is 0 Å². The molecule has 0 aliphatic heterocycles. The number of aromatic nitrogens is 4. The second-order valence-electron chi connectivity index (χ2n) is 13.8. The lowest BCUT2D eigenvalue weighted by molar-refractivity contribution is 0.660. The average Bonchev–Trinajstić information content (AvgIpc) is 3.77. The van der Waals surface area contributed by atoms with Gasteiger partial charge in [-0.3, -0.25) is 8.97 Å². The first-order valence-electron chi connectivity index (χ1n) is 16.9. The fraction of sp³-hybridized carbons (Fsp3) is 0.0667. The number of imidazole rings is 1. The SMILES string of the molecule is CC1(C)c2ccccc2-c2ccc(-c3cc4c5ccccc5n(-c5nc6ccccc6c6nc7ccccc7n56)c4c4ccccc34)cc21. The van der Waals surface area contributed by atoms with E-state index in [0.717, 1.165) is 44.6 Å². The number of fused-ring (bicyclic) bond motifs is 13. The lowest BCUT2D eigenvalue weighted by atomic mass is 9.81. The normalized spacial score (nSPS) is 13.7. The maximum Gasteiger partial charge on any atom is 0.221 e. The molecular formula is C45H30N4. The van der Waals surface area contributed by atoms with E-state index in [1.807, 2.05) is 0 Å². The molecule has 4 heteroatoms. The zero-order chi connectivity index (χ0) is 32.4. The number of rotatable bonds is 2. The van der Waals surface area contributed by atoms with Crippen LogP contribution in [0.4, 0.5) is 0 Å². The standard InChI is InChI=1S/C45H30N4/c1-45(2)36-18-8-5-14-29(36)30-24-23-27(25-37(30)45)34-26-35-31-15-7-11-21-40(31)48(42(35)32-16-4-3-13-28(32)34)44-47-38-19-9-6-17-33(38)43-46-39-20-10-12-22-41(39)49(43)44/h3-26H,1-2H3. The van der Waals surface area contributed by atoms with Crippen LogP contribution in [-0.4, -0.2) is 18.9 Å². The number of benzene rings is 7. The van der Waals surface area contributed by atoms with Crippen LogP contribution in [0.1, 0.15) is 25.0 Å². The van der Waals surface area contributed by atoms with Gasteiger partial charge in [-0.05, 0) is 81.2 Å². The summed E-state index contributed by atoms with van der Waals surface area (Å²) in [4.78, 5) is 10.6. The Labute approximate surface area is 282 Å². The summed E-state index contributed by atoms with van der Waals surface area (Å²) in [5, 5.41) is 5.87. The van der Waals surface area contributed by atoms with Crippen LogP contribution in [0, 0.1) is 0 Å². The largest absolute Gasteiger partial charge is 0.278 e. The lowest BCUT2D eigenvalue weighted by Crippen LogP contribution is -2.14. The first-order valence-corrected chi connectivity index (χ1v) is 16.9. The fourth-order valence-electron chi connectivity index (χ4n) is 8.62. The molecular weight excluding hydrogens is 597 g/mol. The Balaban J connectivity index is 1.27. The van der Waals surface area contributed by atoms with E-state index in [2.05, 4.69) is 168 Å². The van der Waals surface area contributed by atoms with Gasteiger partial charge in [0.25, 0.3) is 0 Å². The molecule has 3 heterocycles. The van der Waals surface area contributed by atoms with Crippen LogP contribution in [0.2, 0.25) is 0 Å². The molecule has 49 heavy (non-hydrogen) atoms. The van der Waals surface area contributed by atoms with Gasteiger partial charge in [0, 0.05) is 27.0 Å². The Hall–Kier alpha value is -6.26. The van der Waals surface area contributed by atoms with Gasteiger partial charge in [0.2, 0.25) is 5.95 Å². The summed E-state index contributed by atoms with van der Waals surface area (Å²) in [5.74, 6) is 0.837. The number of para-hydroxylation sites is 4. The van der Waals surface area contributed by atoms with Crippen molar-refractivity contribution in [3.05, 3.63) is 157 Å². The van der Waals surface area contributed by atoms with E-state index >= 15 is 0 Å². The van der Waals surface area contributed by atoms with Crippen molar-refractivity contribution in [2.75, 3.05) is 0 Å². The lowest BCUT2D eigenvalue weighted by Gasteiger charge is -2.22. The molecule has 1 aliphatic rings. The second-order valence-corrected chi connectivity index (χ2v) is 13.8. The van der Waals surface area contributed by atoms with Crippen molar-refractivity contribution in [3.8, 4) is 28.2 Å². The van der Waals surface area contributed by atoms with E-state index in [1.165, 1.54) is 54.9 Å². The Kier molecular flexibility index (Phi) is 5.15. The second kappa shape index (κ2) is 9.42. The predicted octanol–water partition coefficient (Wildman–Crippen LogP) is 11.3. The first-order chi connectivity index (χ1) is 24.1. The fourth-order valence-corrected chi connectivity index (χ4v) is 8.62. The molecule has 7 aromatic carbocycles. The van der Waals surface area contributed by atoms with Gasteiger partial charge in [-0.25, -0.2) is 9.97 Å². The van der Waals surface area contributed by atoms with Gasteiger partial charge in [-0.15, -0.1) is 0 Å². The Morgan fingerprint density at radius 2 is 1.12 bits per heavy atom. The summed E-state index contributed by atoms with van der Waals surface area (Å²) >= 11 is 0. The van der Waals surface area contributed by atoms with Crippen LogP contribution in [0.3, 0.4) is 0 Å². The molecule has 0 spiro atoms. The molecule has 10 aromatic rings. The molecule has 0 bridgehead atoms. The third-order valence-corrected chi connectivity index (χ3v) is 10.9. The van der Waals surface area contributed by atoms with Crippen LogP contribution < -0.4 is 0 Å². The van der Waals surface area contributed by atoms with Crippen molar-refractivity contribution in [2.45, 2.75) is 19.3 Å². The Bertz CT molecular complexity index is 3030. The van der Waals surface area contributed by atoms with Crippen LogP contribution in [0.15, 0.2) is 146 Å². The minimum Gasteiger partial charge on any atom is -0.278 e. The van der Waals surface area contributed by atoms with Crippen molar-refractivity contribution >= 4 is 60.2 Å². The van der Waals surface area contributed by atoms with Gasteiger partial charge in [-0.1, -0.05) is 117 Å². The van der Waals surface area contributed by atoms with Gasteiger partial charge >= 0.3 is 0 Å². The molecule has 1 aliphatic carbocycles. The number of hydrogen-bond donors (Lipinski definition) is 0. The summed E-state index contributed by atoms with van der Waals surface area (Å²) in [7, 11) is 0. The first kappa shape index (κ1) is 26.8. The topological polar surface area (TPSA) is 35.1 Å². The minimum atomic E-state index is -0.0709. The van der Waals surface area contributed by atoms with Crippen LogP contribution >= 0.6 is 0 Å². The van der Waals surface area contributed by atoms with Gasteiger partial charge in [0.05, 0.1) is 27.6 Å². The maximum absolute atomic E-state index is 5.42. The summed E-state index contributed by atoms with van der Waals surface area (Å²) in [6.45, 7) is 4.71. The molecule has 0 fully saturated rings. The molecule has 3 aromatic heterocycles. The average molecular weight is 627 g/mol. The highest BCUT2D eigenvalue weighted by molar-refractivity contribution is 6.22. The summed E-state index contributed by atoms with van der Waals surface area (Å²) < 4.78 is 4.61. The van der Waals surface area contributed by atoms with E-state index in [9.17, 15) is 0 Å². The van der Waals surface area contributed by atoms with E-state index in [-0.39, 0.29) is 5.41 Å². The van der Waals surface area contributed by atoms with Crippen molar-refractivity contribution < 1.29 is 0 Å². The van der Waals surface area contributed by atoms with Crippen molar-refractivity contribution in [2.24, 2.45) is 0 Å². The van der Waals surface area contributed by atoms with Gasteiger partial charge in [-0.2, -0.15) is 0 Å². The van der Waals surface area contributed by atoms with Crippen molar-refractivity contribution in [1.29, 1.82) is 0 Å². The van der Waals surface area contributed by atoms with Gasteiger partial charge < -0.3 is 0 Å². The van der Waals surface area contributed by atoms with Crippen molar-refractivity contribution in [3.63, 3.8) is 0 Å². The summed E-state index contributed by atoms with van der Waals surface area (Å²) in [5.41, 5.74) is 14.0. The van der Waals surface area contributed by atoms with E-state index in [4.69, 9.17) is 9.97 Å². The molecule has 0 amide bonds. The monoisotopic (exact) mass is 626 g/mol. The third kappa shape index (κ3) is 3.47. The molecule has 0 atom stereocenters.